The first-order valence-corrected chi connectivity index (χ1v) is 9.20. The minimum Gasteiger partial charge on any atom is -0.504 e. The third-order valence-corrected chi connectivity index (χ3v) is 4.61. The first-order valence-electron chi connectivity index (χ1n) is 9.20. The molecular formula is C23H32O3. The van der Waals surface area contributed by atoms with Crippen LogP contribution in [0.3, 0.4) is 0 Å². The molecule has 1 rings (SSSR count). The molecule has 0 amide bonds. The lowest BCUT2D eigenvalue weighted by Crippen LogP contribution is -1.95. The number of benzene rings is 1. The summed E-state index contributed by atoms with van der Waals surface area (Å²) in [5.41, 5.74) is 5.74. The normalized spacial score (nSPS) is 12.2. The van der Waals surface area contributed by atoms with Gasteiger partial charge in [0.1, 0.15) is 6.29 Å². The quantitative estimate of drug-likeness (QED) is 0.315. The lowest BCUT2D eigenvalue weighted by molar-refractivity contribution is 0.112. The predicted molar refractivity (Wildman–Crippen MR) is 109 cm³/mol. The average molecular weight is 357 g/mol. The summed E-state index contributed by atoms with van der Waals surface area (Å²) in [6.45, 7) is 10.3. The molecule has 0 aromatic heterocycles. The standard InChI is InChI=1S/C23H32O3/c1-16(2)8-6-9-17(3)10-7-11-18(4)12-13-21-19(5)20(15-24)14-22(25)23(21)26/h8,10,12,14-15,25-26H,6-7,9,11,13H2,1-5H3/b17-10+,18-12+. The molecule has 0 saturated heterocycles. The third kappa shape index (κ3) is 6.91. The number of allylic oxidation sites excluding steroid dienone is 6. The van der Waals surface area contributed by atoms with Crippen molar-refractivity contribution in [3.8, 4) is 11.5 Å². The van der Waals surface area contributed by atoms with Crippen molar-refractivity contribution in [3.63, 3.8) is 0 Å². The van der Waals surface area contributed by atoms with Gasteiger partial charge in [-0.2, -0.15) is 0 Å². The smallest absolute Gasteiger partial charge is 0.161 e. The first-order chi connectivity index (χ1) is 12.3. The van der Waals surface area contributed by atoms with Crippen molar-refractivity contribution in [1.82, 2.24) is 0 Å². The largest absolute Gasteiger partial charge is 0.504 e. The zero-order valence-corrected chi connectivity index (χ0v) is 16.7. The van der Waals surface area contributed by atoms with Crippen LogP contribution in [0.5, 0.6) is 11.5 Å². The van der Waals surface area contributed by atoms with Crippen LogP contribution in [0.1, 0.15) is 74.9 Å². The SMILES string of the molecule is CC(C)=CCC/C(C)=C/CC/C(C)=C/Cc1c(C)c(C=O)cc(O)c1O. The number of phenolic OH excluding ortho intramolecular Hbond substituents is 2. The fourth-order valence-corrected chi connectivity index (χ4v) is 2.82. The molecule has 0 saturated carbocycles. The highest BCUT2D eigenvalue weighted by Gasteiger charge is 2.13. The maximum absolute atomic E-state index is 11.1. The second-order valence-corrected chi connectivity index (χ2v) is 7.22. The zero-order valence-electron chi connectivity index (χ0n) is 16.7. The Morgan fingerprint density at radius 3 is 2.12 bits per heavy atom. The third-order valence-electron chi connectivity index (χ3n) is 4.61. The minimum absolute atomic E-state index is 0.132. The molecule has 2 N–H and O–H groups in total. The van der Waals surface area contributed by atoms with Crippen molar-refractivity contribution in [2.75, 3.05) is 0 Å². The molecule has 0 bridgehead atoms. The number of rotatable bonds is 9. The van der Waals surface area contributed by atoms with Crippen molar-refractivity contribution < 1.29 is 15.0 Å². The highest BCUT2D eigenvalue weighted by molar-refractivity contribution is 5.80. The highest BCUT2D eigenvalue weighted by atomic mass is 16.3. The predicted octanol–water partition coefficient (Wildman–Crippen LogP) is 6.18. The Kier molecular flexibility index (Phi) is 8.91. The molecule has 26 heavy (non-hydrogen) atoms. The van der Waals surface area contributed by atoms with Crippen molar-refractivity contribution in [2.45, 2.75) is 66.7 Å². The monoisotopic (exact) mass is 356 g/mol. The second-order valence-electron chi connectivity index (χ2n) is 7.22. The molecule has 3 nitrogen and oxygen atoms in total. The number of aromatic hydroxyl groups is 2. The molecule has 0 aliphatic carbocycles. The molecule has 0 fully saturated rings. The maximum atomic E-state index is 11.1. The van der Waals surface area contributed by atoms with E-state index in [-0.39, 0.29) is 11.5 Å². The van der Waals surface area contributed by atoms with Crippen LogP contribution in [0, 0.1) is 6.92 Å². The Morgan fingerprint density at radius 2 is 1.54 bits per heavy atom. The van der Waals surface area contributed by atoms with Gasteiger partial charge in [0.05, 0.1) is 0 Å². The van der Waals surface area contributed by atoms with E-state index < -0.39 is 0 Å². The number of carbonyl (C=O) groups excluding carboxylic acids is 1. The number of hydrogen-bond donors (Lipinski definition) is 2. The van der Waals surface area contributed by atoms with Crippen LogP contribution in [0.15, 0.2) is 41.0 Å². The van der Waals surface area contributed by atoms with E-state index >= 15 is 0 Å². The van der Waals surface area contributed by atoms with Crippen LogP contribution < -0.4 is 0 Å². The molecule has 0 radical (unpaired) electrons. The van der Waals surface area contributed by atoms with E-state index in [1.807, 2.05) is 0 Å². The fourth-order valence-electron chi connectivity index (χ4n) is 2.82. The summed E-state index contributed by atoms with van der Waals surface area (Å²) in [6, 6.07) is 1.31. The molecule has 0 heterocycles. The number of hydrogen-bond acceptors (Lipinski definition) is 3. The maximum Gasteiger partial charge on any atom is 0.161 e. The van der Waals surface area contributed by atoms with Crippen molar-refractivity contribution in [3.05, 3.63) is 57.7 Å². The first kappa shape index (κ1) is 21.8. The van der Waals surface area contributed by atoms with Crippen molar-refractivity contribution in [1.29, 1.82) is 0 Å². The Hall–Kier alpha value is -2.29. The Morgan fingerprint density at radius 1 is 0.962 bits per heavy atom. The molecular weight excluding hydrogens is 324 g/mol. The summed E-state index contributed by atoms with van der Waals surface area (Å²) >= 11 is 0. The summed E-state index contributed by atoms with van der Waals surface area (Å²) in [5.74, 6) is -0.374. The minimum atomic E-state index is -0.242. The lowest BCUT2D eigenvalue weighted by atomic mass is 9.97. The van der Waals surface area contributed by atoms with Gasteiger partial charge in [-0.25, -0.2) is 0 Å². The van der Waals surface area contributed by atoms with E-state index in [9.17, 15) is 15.0 Å². The van der Waals surface area contributed by atoms with Crippen LogP contribution in [-0.4, -0.2) is 16.5 Å². The number of carbonyl (C=O) groups is 1. The summed E-state index contributed by atoms with van der Waals surface area (Å²) in [7, 11) is 0. The van der Waals surface area contributed by atoms with Gasteiger partial charge in [0.15, 0.2) is 11.5 Å². The molecule has 142 valence electrons. The number of phenols is 2. The van der Waals surface area contributed by atoms with Gasteiger partial charge in [0.25, 0.3) is 0 Å². The van der Waals surface area contributed by atoms with Crippen LogP contribution >= 0.6 is 0 Å². The summed E-state index contributed by atoms with van der Waals surface area (Å²) in [5, 5.41) is 19.8. The van der Waals surface area contributed by atoms with E-state index in [2.05, 4.69) is 45.9 Å². The molecule has 1 aromatic rings. The van der Waals surface area contributed by atoms with Crippen LogP contribution in [0.25, 0.3) is 0 Å². The average Bonchev–Trinajstić information content (AvgIpc) is 2.57. The summed E-state index contributed by atoms with van der Waals surface area (Å²) in [6.07, 6.45) is 12.0. The van der Waals surface area contributed by atoms with Crippen LogP contribution in [0.4, 0.5) is 0 Å². The Labute approximate surface area is 157 Å². The van der Waals surface area contributed by atoms with Gasteiger partial charge in [0.2, 0.25) is 0 Å². The Balaban J connectivity index is 2.66. The second kappa shape index (κ2) is 10.6. The van der Waals surface area contributed by atoms with Gasteiger partial charge in [-0.1, -0.05) is 34.9 Å². The van der Waals surface area contributed by atoms with E-state index in [1.54, 1.807) is 6.92 Å². The molecule has 0 atom stereocenters. The van der Waals surface area contributed by atoms with Gasteiger partial charge < -0.3 is 10.2 Å². The highest BCUT2D eigenvalue weighted by Crippen LogP contribution is 2.34. The number of aldehydes is 1. The molecule has 3 heteroatoms. The van der Waals surface area contributed by atoms with E-state index in [4.69, 9.17) is 0 Å². The summed E-state index contributed by atoms with van der Waals surface area (Å²) in [4.78, 5) is 11.1. The summed E-state index contributed by atoms with van der Waals surface area (Å²) < 4.78 is 0. The van der Waals surface area contributed by atoms with Crippen LogP contribution in [-0.2, 0) is 6.42 Å². The molecule has 0 aliphatic rings. The van der Waals surface area contributed by atoms with Crippen molar-refractivity contribution >= 4 is 6.29 Å². The molecule has 0 aliphatic heterocycles. The van der Waals surface area contributed by atoms with E-state index in [0.29, 0.717) is 23.8 Å². The van der Waals surface area contributed by atoms with Crippen molar-refractivity contribution in [2.24, 2.45) is 0 Å². The molecule has 1 aromatic carbocycles. The topological polar surface area (TPSA) is 57.5 Å². The zero-order chi connectivity index (χ0) is 19.7. The molecule has 0 spiro atoms. The van der Waals surface area contributed by atoms with E-state index in [1.165, 1.54) is 22.8 Å². The molecule has 0 unspecified atom stereocenters. The van der Waals surface area contributed by atoms with Gasteiger partial charge in [-0.15, -0.1) is 0 Å². The van der Waals surface area contributed by atoms with Gasteiger partial charge >= 0.3 is 0 Å². The van der Waals surface area contributed by atoms with Gasteiger partial charge in [0, 0.05) is 11.1 Å². The van der Waals surface area contributed by atoms with Crippen LogP contribution in [0.2, 0.25) is 0 Å². The fraction of sp³-hybridized carbons (Fsp3) is 0.435. The van der Waals surface area contributed by atoms with E-state index in [0.717, 1.165) is 31.2 Å². The lowest BCUT2D eigenvalue weighted by Gasteiger charge is -2.11. The Bertz CT molecular complexity index is 717. The van der Waals surface area contributed by atoms with Gasteiger partial charge in [-0.05, 0) is 78.4 Å². The van der Waals surface area contributed by atoms with Gasteiger partial charge in [-0.3, -0.25) is 4.79 Å².